The van der Waals surface area contributed by atoms with E-state index in [9.17, 15) is 17.6 Å². The van der Waals surface area contributed by atoms with Crippen LogP contribution in [0, 0.1) is 23.1 Å². The van der Waals surface area contributed by atoms with Crippen molar-refractivity contribution in [1.29, 1.82) is 0 Å². The van der Waals surface area contributed by atoms with E-state index in [4.69, 9.17) is 11.6 Å². The third kappa shape index (κ3) is 5.29. The Labute approximate surface area is 244 Å². The summed E-state index contributed by atoms with van der Waals surface area (Å²) < 4.78 is 45.0. The van der Waals surface area contributed by atoms with Crippen molar-refractivity contribution in [2.75, 3.05) is 25.5 Å². The average molecular weight is 598 g/mol. The highest BCUT2D eigenvalue weighted by Gasteiger charge is 2.47. The number of urea groups is 1. The molecule has 0 spiro atoms. The molecule has 8 nitrogen and oxygen atoms in total. The number of fused-ring (bicyclic) bond motifs is 2. The summed E-state index contributed by atoms with van der Waals surface area (Å²) in [6.45, 7) is 3.11. The van der Waals surface area contributed by atoms with Gasteiger partial charge in [-0.2, -0.15) is 9.40 Å². The van der Waals surface area contributed by atoms with Gasteiger partial charge in [0.05, 0.1) is 22.6 Å². The first-order valence-electron chi connectivity index (χ1n) is 13.9. The first kappa shape index (κ1) is 27.9. The number of anilines is 1. The van der Waals surface area contributed by atoms with E-state index < -0.39 is 16.1 Å². The second-order valence-corrected chi connectivity index (χ2v) is 13.9. The third-order valence-electron chi connectivity index (χ3n) is 8.84. The molecule has 1 heterocycles. The molecule has 2 aromatic carbocycles. The summed E-state index contributed by atoms with van der Waals surface area (Å²) >= 11 is 6.49. The largest absolute Gasteiger partial charge is 0.341 e. The minimum absolute atomic E-state index is 0.0488. The molecule has 2 saturated carbocycles. The Balaban J connectivity index is 1.27. The van der Waals surface area contributed by atoms with Gasteiger partial charge in [0.1, 0.15) is 10.7 Å². The molecular formula is C30H33ClFN5O3S. The van der Waals surface area contributed by atoms with E-state index in [-0.39, 0.29) is 27.1 Å². The zero-order valence-corrected chi connectivity index (χ0v) is 24.6. The summed E-state index contributed by atoms with van der Waals surface area (Å²) in [4.78, 5) is 11.7. The monoisotopic (exact) mass is 597 g/mol. The summed E-state index contributed by atoms with van der Waals surface area (Å²) in [5.74, 6) is 0.189. The second kappa shape index (κ2) is 10.6. The van der Waals surface area contributed by atoms with Gasteiger partial charge < -0.3 is 10.6 Å². The van der Waals surface area contributed by atoms with Gasteiger partial charge in [-0.15, -0.1) is 0 Å². The summed E-state index contributed by atoms with van der Waals surface area (Å²) in [7, 11) is -2.38. The predicted octanol–water partition coefficient (Wildman–Crippen LogP) is 5.87. The Bertz CT molecular complexity index is 1630. The molecule has 2 atom stereocenters. The van der Waals surface area contributed by atoms with Gasteiger partial charge in [0.25, 0.3) is 0 Å². The topological polar surface area (TPSA) is 96.3 Å². The normalized spacial score (nSPS) is 21.8. The van der Waals surface area contributed by atoms with Crippen molar-refractivity contribution in [3.63, 3.8) is 0 Å². The van der Waals surface area contributed by atoms with Crippen LogP contribution in [0.1, 0.15) is 43.9 Å². The van der Waals surface area contributed by atoms with Crippen LogP contribution >= 0.6 is 11.6 Å². The van der Waals surface area contributed by atoms with Gasteiger partial charge in [-0.3, -0.25) is 0 Å². The maximum Gasteiger partial charge on any atom is 0.318 e. The summed E-state index contributed by atoms with van der Waals surface area (Å²) in [5.41, 5.74) is 4.42. The molecule has 0 saturated heterocycles. The Morgan fingerprint density at radius 1 is 1.17 bits per heavy atom. The highest BCUT2D eigenvalue weighted by molar-refractivity contribution is 7.89. The Morgan fingerprint density at radius 3 is 2.61 bits per heavy atom. The van der Waals surface area contributed by atoms with Crippen molar-refractivity contribution in [3.8, 4) is 5.69 Å². The summed E-state index contributed by atoms with van der Waals surface area (Å²) in [6, 6.07) is 10.4. The molecule has 6 rings (SSSR count). The van der Waals surface area contributed by atoms with Crippen LogP contribution in [0.25, 0.3) is 11.8 Å². The number of rotatable bonds is 8. The fourth-order valence-electron chi connectivity index (χ4n) is 6.24. The van der Waals surface area contributed by atoms with E-state index in [0.717, 1.165) is 49.0 Å². The molecule has 2 amide bonds. The Morgan fingerprint density at radius 2 is 1.93 bits per heavy atom. The van der Waals surface area contributed by atoms with Crippen molar-refractivity contribution < 1.29 is 17.6 Å². The fourth-order valence-corrected chi connectivity index (χ4v) is 8.32. The highest BCUT2D eigenvalue weighted by atomic mass is 35.5. The quantitative estimate of drug-likeness (QED) is 0.339. The molecule has 2 N–H and O–H groups in total. The van der Waals surface area contributed by atoms with Crippen LogP contribution in [-0.4, -0.2) is 48.7 Å². The van der Waals surface area contributed by atoms with Crippen molar-refractivity contribution >= 4 is 39.4 Å². The van der Waals surface area contributed by atoms with E-state index >= 15 is 0 Å². The molecule has 3 aliphatic carbocycles. The number of sulfonamides is 1. The lowest BCUT2D eigenvalue weighted by molar-refractivity contribution is 0.218. The van der Waals surface area contributed by atoms with Gasteiger partial charge in [0, 0.05) is 25.8 Å². The lowest BCUT2D eigenvalue weighted by atomic mass is 9.70. The molecule has 1 aromatic heterocycles. The van der Waals surface area contributed by atoms with Gasteiger partial charge in [0.2, 0.25) is 10.0 Å². The fraction of sp³-hybridized carbons (Fsp3) is 0.400. The van der Waals surface area contributed by atoms with Crippen molar-refractivity contribution in [2.24, 2.45) is 17.3 Å². The number of allylic oxidation sites excluding steroid dienone is 1. The molecule has 3 aliphatic rings. The maximum absolute atomic E-state index is 14.0. The average Bonchev–Trinajstić information content (AvgIpc) is 3.59. The Hall–Kier alpha value is -3.21. The number of hydrogen-bond acceptors (Lipinski definition) is 4. The number of amides is 2. The SMILES string of the molecule is CNC(=O)Nc1ccc(S(=O)(=O)N(CC2CC2)C[C@H]2CCC3=Cc4c(cnn4-c4ccc(F)cc4)C[C@@]32C)c(Cl)c1. The number of nitrogens with zero attached hydrogens (tertiary/aromatic N) is 3. The van der Waals surface area contributed by atoms with E-state index in [1.807, 2.05) is 10.9 Å². The van der Waals surface area contributed by atoms with Crippen molar-refractivity contribution in [2.45, 2.75) is 43.9 Å². The predicted molar refractivity (Wildman–Crippen MR) is 157 cm³/mol. The first-order chi connectivity index (χ1) is 19.6. The second-order valence-electron chi connectivity index (χ2n) is 11.6. The summed E-state index contributed by atoms with van der Waals surface area (Å²) in [6.07, 6.45) is 8.64. The molecule has 0 bridgehead atoms. The van der Waals surface area contributed by atoms with Gasteiger partial charge in [-0.05, 0) is 103 Å². The highest BCUT2D eigenvalue weighted by Crippen LogP contribution is 2.53. The van der Waals surface area contributed by atoms with Crippen LogP contribution < -0.4 is 10.6 Å². The van der Waals surface area contributed by atoms with Gasteiger partial charge in [-0.25, -0.2) is 22.3 Å². The van der Waals surface area contributed by atoms with E-state index in [1.54, 1.807) is 22.5 Å². The smallest absolute Gasteiger partial charge is 0.318 e. The van der Waals surface area contributed by atoms with Crippen LogP contribution in [0.2, 0.25) is 5.02 Å². The first-order valence-corrected chi connectivity index (χ1v) is 15.7. The van der Waals surface area contributed by atoms with E-state index in [0.29, 0.717) is 24.7 Å². The number of halogens is 2. The molecule has 0 radical (unpaired) electrons. The lowest BCUT2D eigenvalue weighted by Gasteiger charge is -2.38. The molecular weight excluding hydrogens is 565 g/mol. The van der Waals surface area contributed by atoms with Crippen LogP contribution in [0.3, 0.4) is 0 Å². The van der Waals surface area contributed by atoms with Crippen LogP contribution in [0.4, 0.5) is 14.9 Å². The molecule has 0 aliphatic heterocycles. The van der Waals surface area contributed by atoms with E-state index in [2.05, 4.69) is 28.7 Å². The van der Waals surface area contributed by atoms with Crippen LogP contribution in [-0.2, 0) is 16.4 Å². The number of hydrogen-bond donors (Lipinski definition) is 2. The van der Waals surface area contributed by atoms with E-state index in [1.165, 1.54) is 36.9 Å². The molecule has 41 heavy (non-hydrogen) atoms. The molecule has 216 valence electrons. The van der Waals surface area contributed by atoms with Crippen molar-refractivity contribution in [3.05, 3.63) is 76.3 Å². The maximum atomic E-state index is 14.0. The Kier molecular flexibility index (Phi) is 7.20. The molecule has 0 unspecified atom stereocenters. The molecule has 11 heteroatoms. The lowest BCUT2D eigenvalue weighted by Crippen LogP contribution is -2.41. The minimum Gasteiger partial charge on any atom is -0.341 e. The van der Waals surface area contributed by atoms with Gasteiger partial charge in [0.15, 0.2) is 0 Å². The summed E-state index contributed by atoms with van der Waals surface area (Å²) in [5, 5.41) is 9.78. The van der Waals surface area contributed by atoms with Crippen LogP contribution in [0.15, 0.2) is 59.1 Å². The molecule has 2 fully saturated rings. The van der Waals surface area contributed by atoms with Crippen molar-refractivity contribution in [1.82, 2.24) is 19.4 Å². The number of aromatic nitrogens is 2. The zero-order chi connectivity index (χ0) is 28.9. The zero-order valence-electron chi connectivity index (χ0n) is 23.0. The minimum atomic E-state index is -3.88. The van der Waals surface area contributed by atoms with Gasteiger partial charge >= 0.3 is 6.03 Å². The number of nitrogens with one attached hydrogen (secondary N) is 2. The van der Waals surface area contributed by atoms with Gasteiger partial charge in [-0.1, -0.05) is 24.1 Å². The number of carbonyl (C=O) groups is 1. The van der Waals surface area contributed by atoms with Crippen LogP contribution in [0.5, 0.6) is 0 Å². The standard InChI is InChI=1S/C30H33ClFN5O3S/c1-30-15-20-16-34-37(25-10-7-23(32)8-11-25)27(20)13-21(30)5-6-22(30)18-36(17-19-3-4-19)41(39,40)28-12-9-24(14-26(28)31)35-29(38)33-2/h7-14,16,19,22H,3-6,15,17-18H2,1-2H3,(H2,33,35,38)/t22-,30+/m1/s1. The number of carbonyl (C=O) groups excluding carboxylic acids is 1. The number of benzene rings is 2. The third-order valence-corrected chi connectivity index (χ3v) is 11.2. The molecule has 3 aromatic rings.